The van der Waals surface area contributed by atoms with Gasteiger partial charge in [-0.1, -0.05) is 41.9 Å². The highest BCUT2D eigenvalue weighted by molar-refractivity contribution is 6.30. The summed E-state index contributed by atoms with van der Waals surface area (Å²) in [4.78, 5) is 23.6. The Hall–Kier alpha value is -2.33. The molecule has 2 rings (SSSR count). The van der Waals surface area contributed by atoms with Crippen LogP contribution in [0.1, 0.15) is 28.8 Å². The predicted octanol–water partition coefficient (Wildman–Crippen LogP) is 3.17. The van der Waals surface area contributed by atoms with Crippen molar-refractivity contribution in [3.8, 4) is 0 Å². The number of hydrogen-bond acceptors (Lipinski definition) is 2. The summed E-state index contributed by atoms with van der Waals surface area (Å²) in [5.41, 5.74) is 1.62. The van der Waals surface area contributed by atoms with Crippen molar-refractivity contribution in [2.45, 2.75) is 19.4 Å². The second kappa shape index (κ2) is 8.96. The minimum Gasteiger partial charge on any atom is -0.352 e. The quantitative estimate of drug-likeness (QED) is 0.766. The van der Waals surface area contributed by atoms with Crippen molar-refractivity contribution in [1.29, 1.82) is 0 Å². The van der Waals surface area contributed by atoms with Crippen molar-refractivity contribution in [3.05, 3.63) is 70.7 Å². The molecule has 0 fully saturated rings. The molecule has 0 aliphatic heterocycles. The van der Waals surface area contributed by atoms with E-state index in [1.165, 1.54) is 0 Å². The molecule has 2 aromatic carbocycles. The third-order valence-corrected chi connectivity index (χ3v) is 3.56. The van der Waals surface area contributed by atoms with Crippen molar-refractivity contribution < 1.29 is 9.59 Å². The summed E-state index contributed by atoms with van der Waals surface area (Å²) in [6.45, 7) is 0.953. The van der Waals surface area contributed by atoms with Gasteiger partial charge >= 0.3 is 0 Å². The Labute approximate surface area is 140 Å². The van der Waals surface area contributed by atoms with Gasteiger partial charge in [-0.15, -0.1) is 0 Å². The van der Waals surface area contributed by atoms with E-state index in [1.807, 2.05) is 30.3 Å². The van der Waals surface area contributed by atoms with E-state index in [9.17, 15) is 9.59 Å². The van der Waals surface area contributed by atoms with Gasteiger partial charge in [0, 0.05) is 30.1 Å². The van der Waals surface area contributed by atoms with Gasteiger partial charge in [0.25, 0.3) is 5.91 Å². The first-order valence-electron chi connectivity index (χ1n) is 7.49. The summed E-state index contributed by atoms with van der Waals surface area (Å²) >= 11 is 5.81. The second-order valence-corrected chi connectivity index (χ2v) is 5.57. The molecule has 23 heavy (non-hydrogen) atoms. The molecule has 2 amide bonds. The van der Waals surface area contributed by atoms with Crippen LogP contribution in [0.3, 0.4) is 0 Å². The van der Waals surface area contributed by atoms with Gasteiger partial charge in [0.05, 0.1) is 0 Å². The van der Waals surface area contributed by atoms with E-state index in [1.54, 1.807) is 24.3 Å². The van der Waals surface area contributed by atoms with Gasteiger partial charge in [-0.3, -0.25) is 9.59 Å². The van der Waals surface area contributed by atoms with Gasteiger partial charge in [-0.25, -0.2) is 0 Å². The van der Waals surface area contributed by atoms with E-state index in [0.717, 1.165) is 5.56 Å². The van der Waals surface area contributed by atoms with E-state index >= 15 is 0 Å². The third kappa shape index (κ3) is 6.12. The average molecular weight is 331 g/mol. The second-order valence-electron chi connectivity index (χ2n) is 5.13. The standard InChI is InChI=1S/C18H19ClN2O2/c19-16-10-8-14(9-11-16)13-21-17(22)7-4-12-20-18(23)15-5-2-1-3-6-15/h1-3,5-6,8-11H,4,7,12-13H2,(H,20,23)(H,21,22). The molecule has 4 nitrogen and oxygen atoms in total. The van der Waals surface area contributed by atoms with Gasteiger partial charge < -0.3 is 10.6 Å². The number of halogens is 1. The van der Waals surface area contributed by atoms with E-state index in [4.69, 9.17) is 11.6 Å². The monoisotopic (exact) mass is 330 g/mol. The summed E-state index contributed by atoms with van der Waals surface area (Å²) in [5, 5.41) is 6.32. The van der Waals surface area contributed by atoms with Crippen LogP contribution in [-0.4, -0.2) is 18.4 Å². The number of amides is 2. The van der Waals surface area contributed by atoms with E-state index in [-0.39, 0.29) is 11.8 Å². The van der Waals surface area contributed by atoms with Crippen LogP contribution in [0.4, 0.5) is 0 Å². The predicted molar refractivity (Wildman–Crippen MR) is 91.3 cm³/mol. The Balaban J connectivity index is 1.61. The highest BCUT2D eigenvalue weighted by atomic mass is 35.5. The molecule has 0 heterocycles. The van der Waals surface area contributed by atoms with Crippen molar-refractivity contribution in [2.24, 2.45) is 0 Å². The Morgan fingerprint density at radius 3 is 2.30 bits per heavy atom. The minimum atomic E-state index is -0.118. The van der Waals surface area contributed by atoms with Crippen LogP contribution in [0, 0.1) is 0 Å². The summed E-state index contributed by atoms with van der Waals surface area (Å²) in [6, 6.07) is 16.4. The first-order valence-corrected chi connectivity index (χ1v) is 7.87. The summed E-state index contributed by atoms with van der Waals surface area (Å²) in [7, 11) is 0. The van der Waals surface area contributed by atoms with Gasteiger partial charge in [0.15, 0.2) is 0 Å². The number of nitrogens with one attached hydrogen (secondary N) is 2. The van der Waals surface area contributed by atoms with Crippen molar-refractivity contribution >= 4 is 23.4 Å². The zero-order chi connectivity index (χ0) is 16.5. The lowest BCUT2D eigenvalue weighted by atomic mass is 10.2. The summed E-state index contributed by atoms with van der Waals surface area (Å²) in [6.07, 6.45) is 0.980. The molecule has 2 aromatic rings. The maximum absolute atomic E-state index is 11.8. The Morgan fingerprint density at radius 2 is 1.61 bits per heavy atom. The summed E-state index contributed by atoms with van der Waals surface area (Å²) in [5.74, 6) is -0.152. The van der Waals surface area contributed by atoms with Crippen LogP contribution in [0.25, 0.3) is 0 Å². The molecule has 5 heteroatoms. The maximum Gasteiger partial charge on any atom is 0.251 e. The lowest BCUT2D eigenvalue weighted by molar-refractivity contribution is -0.121. The minimum absolute atomic E-state index is 0.0334. The van der Waals surface area contributed by atoms with Crippen LogP contribution in [-0.2, 0) is 11.3 Å². The Morgan fingerprint density at radius 1 is 0.913 bits per heavy atom. The SMILES string of the molecule is O=C(CCCNC(=O)c1ccccc1)NCc1ccc(Cl)cc1. The fraction of sp³-hybridized carbons (Fsp3) is 0.222. The van der Waals surface area contributed by atoms with Crippen LogP contribution in [0.2, 0.25) is 5.02 Å². The fourth-order valence-electron chi connectivity index (χ4n) is 2.03. The molecule has 0 aliphatic rings. The zero-order valence-corrected chi connectivity index (χ0v) is 13.5. The molecule has 0 aliphatic carbocycles. The number of carbonyl (C=O) groups is 2. The fourth-order valence-corrected chi connectivity index (χ4v) is 2.16. The Kier molecular flexibility index (Phi) is 6.63. The molecule has 0 saturated carbocycles. The molecule has 0 spiro atoms. The van der Waals surface area contributed by atoms with Crippen LogP contribution < -0.4 is 10.6 Å². The zero-order valence-electron chi connectivity index (χ0n) is 12.7. The number of benzene rings is 2. The smallest absolute Gasteiger partial charge is 0.251 e. The Bertz CT molecular complexity index is 642. The normalized spacial score (nSPS) is 10.1. The van der Waals surface area contributed by atoms with Gasteiger partial charge in [-0.05, 0) is 36.2 Å². The third-order valence-electron chi connectivity index (χ3n) is 3.31. The molecular formula is C18H19ClN2O2. The lowest BCUT2D eigenvalue weighted by Crippen LogP contribution is -2.27. The average Bonchev–Trinajstić information content (AvgIpc) is 2.59. The first kappa shape index (κ1) is 17.0. The van der Waals surface area contributed by atoms with Crippen molar-refractivity contribution in [1.82, 2.24) is 10.6 Å². The van der Waals surface area contributed by atoms with E-state index in [2.05, 4.69) is 10.6 Å². The van der Waals surface area contributed by atoms with Crippen molar-refractivity contribution in [2.75, 3.05) is 6.54 Å². The lowest BCUT2D eigenvalue weighted by Gasteiger charge is -2.07. The highest BCUT2D eigenvalue weighted by Gasteiger charge is 2.05. The van der Waals surface area contributed by atoms with Gasteiger partial charge in [-0.2, -0.15) is 0 Å². The van der Waals surface area contributed by atoms with Crippen molar-refractivity contribution in [3.63, 3.8) is 0 Å². The van der Waals surface area contributed by atoms with Gasteiger partial charge in [0.1, 0.15) is 0 Å². The molecule has 0 saturated heterocycles. The molecular weight excluding hydrogens is 312 g/mol. The maximum atomic E-state index is 11.8. The molecule has 120 valence electrons. The largest absolute Gasteiger partial charge is 0.352 e. The molecule has 0 unspecified atom stereocenters. The van der Waals surface area contributed by atoms with E-state index in [0.29, 0.717) is 36.5 Å². The van der Waals surface area contributed by atoms with E-state index < -0.39 is 0 Å². The number of carbonyl (C=O) groups excluding carboxylic acids is 2. The molecule has 0 atom stereocenters. The molecule has 0 aromatic heterocycles. The van der Waals surface area contributed by atoms with Crippen LogP contribution in [0.5, 0.6) is 0 Å². The molecule has 0 bridgehead atoms. The molecule has 0 radical (unpaired) electrons. The first-order chi connectivity index (χ1) is 11.1. The molecule has 2 N–H and O–H groups in total. The number of rotatable bonds is 7. The highest BCUT2D eigenvalue weighted by Crippen LogP contribution is 2.09. The summed E-state index contributed by atoms with van der Waals surface area (Å²) < 4.78 is 0. The topological polar surface area (TPSA) is 58.2 Å². The van der Waals surface area contributed by atoms with Crippen LogP contribution >= 0.6 is 11.6 Å². The number of hydrogen-bond donors (Lipinski definition) is 2. The van der Waals surface area contributed by atoms with Gasteiger partial charge in [0.2, 0.25) is 5.91 Å². The van der Waals surface area contributed by atoms with Crippen LogP contribution in [0.15, 0.2) is 54.6 Å².